The lowest BCUT2D eigenvalue weighted by Crippen LogP contribution is -2.41. The van der Waals surface area contributed by atoms with Gasteiger partial charge in [-0.25, -0.2) is 23.4 Å². The van der Waals surface area contributed by atoms with E-state index in [4.69, 9.17) is 34.0 Å². The van der Waals surface area contributed by atoms with Crippen LogP contribution in [0.4, 0.5) is 28.4 Å². The lowest BCUT2D eigenvalue weighted by molar-refractivity contribution is -0.385. The number of nitro benzene ring substituents is 3. The van der Waals surface area contributed by atoms with Gasteiger partial charge in [-0.15, -0.1) is 0 Å². The van der Waals surface area contributed by atoms with Crippen molar-refractivity contribution in [2.75, 3.05) is 17.6 Å². The summed E-state index contributed by atoms with van der Waals surface area (Å²) in [6, 6.07) is 38.2. The lowest BCUT2D eigenvalue weighted by atomic mass is 9.63. The van der Waals surface area contributed by atoms with E-state index >= 15 is 0 Å². The van der Waals surface area contributed by atoms with Gasteiger partial charge in [0.25, 0.3) is 27.1 Å². The SMILES string of the molecule is CC1(C)OB(c2cc([N+](=O)[O-])cc3c2CC(=O)C32CCC2)OC1(C)C.COc1ccccc1S(=O)(=O)Nc1cc(Oc2ccccn2)c2c(c1)C1(CCC1)C(=O)C2.Nc1cc(Oc2ccccn2)c2c(c1)C1(CCC1)C(=O)C2.O=C1Cc2c(O)cc([N+](=O)[O-])cc2C12CCC2.O=C1Cc2c(Oc3ccccn3)cc([N+](=O)[O-])cc2C12CCC2. The highest BCUT2D eigenvalue weighted by atomic mass is 32.2. The van der Waals surface area contributed by atoms with Crippen LogP contribution in [0.15, 0.2) is 163 Å². The molecule has 4 heterocycles. The van der Waals surface area contributed by atoms with E-state index in [1.54, 1.807) is 110 Å². The van der Waals surface area contributed by atoms with Crippen molar-refractivity contribution in [3.63, 3.8) is 0 Å². The Morgan fingerprint density at radius 3 is 1.19 bits per heavy atom. The highest BCUT2D eigenvalue weighted by Crippen LogP contribution is 2.59. The minimum absolute atomic E-state index is 0.00411. The van der Waals surface area contributed by atoms with Crippen LogP contribution < -0.4 is 34.9 Å². The minimum Gasteiger partial charge on any atom is -0.507 e. The number of aromatic hydroxyl groups is 1. The first kappa shape index (κ1) is 79.7. The zero-order valence-corrected chi connectivity index (χ0v) is 66.4. The van der Waals surface area contributed by atoms with Crippen molar-refractivity contribution in [2.45, 2.75) is 199 Å². The standard InChI is InChI=1S/C24H22N2O5S.C18H22BNO5.C17H14N2O4.C17H16N2O2.C12H11NO4/c1-30-19-7-2-3-8-21(19)32(28,29)26-16-13-18-17(15-22(27)24(18)10-6-11-24)20(14-16)31-23-9-4-5-12-25-23;1-16(2)17(3,4)25-19(24-16)14-9-11(20(22)23)8-13-12(14)10-15(21)18(13)6-5-7-18;20-15-10-12-13(17(15)5-3-6-17)8-11(19(21)22)9-14(12)23-16-4-1-2-7-18-16;18-11-8-13-12(10-15(20)17(13)5-3-6-17)14(9-11)21-16-4-1-2-7-19-16;14-10-5-7(13(16)17)4-9-8(10)6-11(15)12(9)2-1-3-12/h2-5,7-9,12-14,26H,6,10-11,15H2,1H3;8-9H,5-7,10H2,1-4H3;1-2,4,7-9H,3,5-6,10H2;1-2,4,7-9H,3,5-6,10,18H2;4-5,14H,1-3,6H2. The lowest BCUT2D eigenvalue weighted by Gasteiger charge is -2.37. The van der Waals surface area contributed by atoms with Gasteiger partial charge in [0.05, 0.1) is 78.0 Å². The van der Waals surface area contributed by atoms with Crippen LogP contribution in [0.1, 0.15) is 180 Å². The molecule has 20 rings (SSSR count). The number of ketones is 5. The average Bonchev–Trinajstić information content (AvgIpc) is 1.94. The van der Waals surface area contributed by atoms with E-state index in [0.717, 1.165) is 147 Å². The molecular formula is C88H85BN8O20S. The number of non-ortho nitro benzene ring substituents is 3. The molecule has 0 bridgehead atoms. The van der Waals surface area contributed by atoms with Crippen LogP contribution in [0.3, 0.4) is 0 Å². The number of sulfonamides is 1. The second kappa shape index (κ2) is 30.1. The maximum absolute atomic E-state index is 13.1. The van der Waals surface area contributed by atoms with Gasteiger partial charge in [-0.05, 0) is 173 Å². The number of phenolic OH excluding ortho intramolecular Hbond substituents is 1. The number of benzene rings is 6. The third kappa shape index (κ3) is 13.7. The number of methoxy groups -OCH3 is 1. The maximum atomic E-state index is 13.1. The highest BCUT2D eigenvalue weighted by Gasteiger charge is 2.59. The van der Waals surface area contributed by atoms with Crippen molar-refractivity contribution < 1.29 is 80.5 Å². The predicted octanol–water partition coefficient (Wildman–Crippen LogP) is 14.9. The number of nitrogens with zero attached hydrogens (tertiary/aromatic N) is 6. The number of carbonyl (C=O) groups is 5. The molecule has 30 heteroatoms. The molecule has 4 N–H and O–H groups in total. The summed E-state index contributed by atoms with van der Waals surface area (Å²) in [6.07, 6.45) is 19.4. The number of ether oxygens (including phenoxy) is 4. The fraction of sp³-hybridized carbons (Fsp3) is 0.364. The Kier molecular flexibility index (Phi) is 20.3. The summed E-state index contributed by atoms with van der Waals surface area (Å²) in [6.45, 7) is 7.79. The Bertz CT molecular complexity index is 5770. The number of nitro groups is 3. The van der Waals surface area contributed by atoms with Gasteiger partial charge in [0.15, 0.2) is 0 Å². The zero-order chi connectivity index (χ0) is 83.2. The number of pyridine rings is 3. The van der Waals surface area contributed by atoms with Crippen molar-refractivity contribution in [1.29, 1.82) is 0 Å². The molecule has 5 saturated carbocycles. The van der Waals surface area contributed by atoms with Gasteiger partial charge in [-0.3, -0.25) is 59.0 Å². The molecule has 9 aromatic rings. The van der Waals surface area contributed by atoms with Gasteiger partial charge in [-0.1, -0.05) is 62.4 Å². The van der Waals surface area contributed by atoms with E-state index < -0.39 is 64.8 Å². The summed E-state index contributed by atoms with van der Waals surface area (Å²) in [7, 11) is -3.20. The van der Waals surface area contributed by atoms with Crippen LogP contribution in [-0.4, -0.2) is 97.6 Å². The molecule has 0 radical (unpaired) electrons. The third-order valence-corrected chi connectivity index (χ3v) is 27.8. The Hall–Kier alpha value is -12.1. The number of carbonyl (C=O) groups excluding carboxylic acids is 5. The summed E-state index contributed by atoms with van der Waals surface area (Å²) >= 11 is 0. The van der Waals surface area contributed by atoms with Crippen LogP contribution in [0.25, 0.3) is 0 Å². The second-order valence-electron chi connectivity index (χ2n) is 33.2. The largest absolute Gasteiger partial charge is 0.507 e. The van der Waals surface area contributed by atoms with E-state index in [-0.39, 0.29) is 81.3 Å². The number of anilines is 2. The molecule has 606 valence electrons. The summed E-state index contributed by atoms with van der Waals surface area (Å²) < 4.78 is 64.0. The van der Waals surface area contributed by atoms with Crippen LogP contribution in [0.5, 0.6) is 46.4 Å². The van der Waals surface area contributed by atoms with E-state index in [1.807, 2.05) is 45.9 Å². The van der Waals surface area contributed by atoms with Gasteiger partial charge >= 0.3 is 7.12 Å². The fourth-order valence-corrected chi connectivity index (χ4v) is 19.8. The van der Waals surface area contributed by atoms with Crippen LogP contribution >= 0.6 is 0 Å². The molecule has 118 heavy (non-hydrogen) atoms. The van der Waals surface area contributed by atoms with E-state index in [2.05, 4.69) is 19.7 Å². The maximum Gasteiger partial charge on any atom is 0.495 e. The molecule has 5 spiro atoms. The summed E-state index contributed by atoms with van der Waals surface area (Å²) in [5.74, 6) is 3.73. The summed E-state index contributed by atoms with van der Waals surface area (Å²) in [5.41, 5.74) is 12.2. The van der Waals surface area contributed by atoms with Gasteiger partial charge < -0.3 is 39.1 Å². The molecule has 1 saturated heterocycles. The topological polar surface area (TPSA) is 401 Å². The predicted molar refractivity (Wildman–Crippen MR) is 432 cm³/mol. The first-order valence-corrected chi connectivity index (χ1v) is 41.0. The average molecular weight is 1620 g/mol. The van der Waals surface area contributed by atoms with E-state index in [1.165, 1.54) is 31.4 Å². The molecule has 1 aliphatic heterocycles. The molecule has 6 aromatic carbocycles. The number of phenols is 1. The molecule has 0 unspecified atom stereocenters. The van der Waals surface area contributed by atoms with Gasteiger partial charge in [0.2, 0.25) is 17.6 Å². The first-order chi connectivity index (χ1) is 56.3. The van der Waals surface area contributed by atoms with Crippen molar-refractivity contribution in [3.8, 4) is 46.4 Å². The molecular weight excluding hydrogens is 1530 g/mol. The number of Topliss-reactive ketones (excluding diaryl/α,β-unsaturated/α-hetero) is 5. The van der Waals surface area contributed by atoms with E-state index in [9.17, 15) is 67.8 Å². The molecule has 28 nitrogen and oxygen atoms in total. The normalized spacial score (nSPS) is 19.4. The molecule has 3 aromatic heterocycles. The number of fused-ring (bicyclic) bond motifs is 10. The van der Waals surface area contributed by atoms with Crippen molar-refractivity contribution in [3.05, 3.63) is 244 Å². The Balaban J connectivity index is 0.000000112. The number of aromatic nitrogens is 3. The zero-order valence-electron chi connectivity index (χ0n) is 65.6. The van der Waals surface area contributed by atoms with Crippen molar-refractivity contribution in [2.24, 2.45) is 0 Å². The Labute approximate surface area is 679 Å². The monoisotopic (exact) mass is 1620 g/mol. The first-order valence-electron chi connectivity index (χ1n) is 39.5. The van der Waals surface area contributed by atoms with Crippen molar-refractivity contribution in [1.82, 2.24) is 15.0 Å². The van der Waals surface area contributed by atoms with Gasteiger partial charge in [-0.2, -0.15) is 0 Å². The molecule has 6 fully saturated rings. The number of para-hydroxylation sites is 1. The van der Waals surface area contributed by atoms with Crippen molar-refractivity contribution >= 4 is 80.0 Å². The number of nitrogens with two attached hydrogens (primary N) is 1. The number of nitrogens with one attached hydrogen (secondary N) is 1. The fourth-order valence-electron chi connectivity index (χ4n) is 18.6. The van der Waals surface area contributed by atoms with Crippen LogP contribution in [-0.2, 0) is 102 Å². The smallest absolute Gasteiger partial charge is 0.495 e. The third-order valence-electron chi connectivity index (χ3n) is 26.4. The molecule has 11 aliphatic rings. The highest BCUT2D eigenvalue weighted by molar-refractivity contribution is 7.92. The number of hydrogen-bond donors (Lipinski definition) is 3. The molecule has 0 amide bonds. The number of nitrogen functional groups attached to an aromatic ring is 1. The van der Waals surface area contributed by atoms with Gasteiger partial charge in [0.1, 0.15) is 62.6 Å². The van der Waals surface area contributed by atoms with Crippen LogP contribution in [0.2, 0.25) is 0 Å². The van der Waals surface area contributed by atoms with Gasteiger partial charge in [0, 0.05) is 133 Å². The molecule has 10 aliphatic carbocycles. The number of rotatable bonds is 14. The summed E-state index contributed by atoms with van der Waals surface area (Å²) in [5, 5.41) is 43.2. The summed E-state index contributed by atoms with van der Waals surface area (Å²) in [4.78, 5) is 107. The molecule has 0 atom stereocenters. The Morgan fingerprint density at radius 2 is 0.788 bits per heavy atom. The quantitative estimate of drug-likeness (QED) is 0.0394. The van der Waals surface area contributed by atoms with E-state index in [0.29, 0.717) is 81.5 Å². The Morgan fingerprint density at radius 1 is 0.441 bits per heavy atom. The second-order valence-corrected chi connectivity index (χ2v) is 34.8. The van der Waals surface area contributed by atoms with Crippen LogP contribution in [0, 0.1) is 30.3 Å². The minimum atomic E-state index is -3.93. The number of hydrogen-bond acceptors (Lipinski definition) is 24.